The number of anilines is 3. The lowest BCUT2D eigenvalue weighted by molar-refractivity contribution is -0.115. The van der Waals surface area contributed by atoms with Crippen LogP contribution in [0.3, 0.4) is 0 Å². The van der Waals surface area contributed by atoms with Crippen LogP contribution in [0, 0.1) is 28.4 Å². The van der Waals surface area contributed by atoms with E-state index in [1.165, 1.54) is 55.5 Å². The highest BCUT2D eigenvalue weighted by Crippen LogP contribution is 2.44. The van der Waals surface area contributed by atoms with E-state index in [0.717, 1.165) is 31.0 Å². The van der Waals surface area contributed by atoms with Gasteiger partial charge in [-0.1, -0.05) is 54.0 Å². The van der Waals surface area contributed by atoms with Gasteiger partial charge >= 0.3 is 0 Å². The Morgan fingerprint density at radius 3 is 2.58 bits per heavy atom. The summed E-state index contributed by atoms with van der Waals surface area (Å²) in [4.78, 5) is 29.1. The van der Waals surface area contributed by atoms with Crippen LogP contribution in [0.1, 0.15) is 78.5 Å². The summed E-state index contributed by atoms with van der Waals surface area (Å²) in [5.74, 6) is -0.263. The Morgan fingerprint density at radius 1 is 1.06 bits per heavy atom. The van der Waals surface area contributed by atoms with Crippen molar-refractivity contribution in [1.82, 2.24) is 19.9 Å². The lowest BCUT2D eigenvalue weighted by atomic mass is 9.63. The molecule has 12 heteroatoms. The number of amides is 1. The fourth-order valence-corrected chi connectivity index (χ4v) is 8.10. The standard InChI is InChI=1S/C38H50F2N6O3S/c1-37(2,3)32(38(4,5)6)18-24-12-8-9-15-46(24)16-11-17-49-31-21-29-26(20-30(31)48-7)35(43-23-42-29)45-36-41-22-25(50-36)19-33(47)44-28-14-10-13-27(39)34(28)40/h10,13-14,20-24,32H,8-9,11-12,15-19H2,1-7H3,(H,44,47)(H,41,42,43,45). The highest BCUT2D eigenvalue weighted by atomic mass is 32.1. The van der Waals surface area contributed by atoms with Gasteiger partial charge in [-0.25, -0.2) is 23.7 Å². The second-order valence-electron chi connectivity index (χ2n) is 15.2. The van der Waals surface area contributed by atoms with Crippen LogP contribution >= 0.6 is 11.3 Å². The molecule has 1 atom stereocenters. The maximum atomic E-state index is 14.0. The third-order valence-corrected chi connectivity index (χ3v) is 10.4. The van der Waals surface area contributed by atoms with Crippen LogP contribution in [0.4, 0.5) is 25.4 Å². The second-order valence-corrected chi connectivity index (χ2v) is 16.3. The fourth-order valence-electron chi connectivity index (χ4n) is 7.29. The molecular formula is C38H50F2N6O3S. The molecule has 0 bridgehead atoms. The molecule has 270 valence electrons. The van der Waals surface area contributed by atoms with Crippen LogP contribution in [-0.2, 0) is 11.2 Å². The molecule has 0 aliphatic carbocycles. The monoisotopic (exact) mass is 708 g/mol. The molecule has 1 unspecified atom stereocenters. The van der Waals surface area contributed by atoms with Gasteiger partial charge in [0.05, 0.1) is 31.3 Å². The Kier molecular flexibility index (Phi) is 11.9. The third kappa shape index (κ3) is 9.45. The number of nitrogens with one attached hydrogen (secondary N) is 2. The van der Waals surface area contributed by atoms with E-state index < -0.39 is 17.5 Å². The van der Waals surface area contributed by atoms with Crippen molar-refractivity contribution in [2.45, 2.75) is 86.1 Å². The van der Waals surface area contributed by atoms with Gasteiger partial charge in [-0.2, -0.15) is 0 Å². The van der Waals surface area contributed by atoms with Crippen LogP contribution < -0.4 is 20.1 Å². The lowest BCUT2D eigenvalue weighted by Crippen LogP contribution is -2.45. The predicted molar refractivity (Wildman–Crippen MR) is 197 cm³/mol. The summed E-state index contributed by atoms with van der Waals surface area (Å²) in [6, 6.07) is 7.95. The van der Waals surface area contributed by atoms with E-state index in [9.17, 15) is 13.6 Å². The van der Waals surface area contributed by atoms with Gasteiger partial charge in [0, 0.05) is 35.1 Å². The van der Waals surface area contributed by atoms with E-state index >= 15 is 0 Å². The average Bonchev–Trinajstić information content (AvgIpc) is 3.49. The smallest absolute Gasteiger partial charge is 0.229 e. The van der Waals surface area contributed by atoms with E-state index in [0.29, 0.717) is 51.4 Å². The van der Waals surface area contributed by atoms with Gasteiger partial charge in [0.1, 0.15) is 12.1 Å². The third-order valence-electron chi connectivity index (χ3n) is 9.45. The summed E-state index contributed by atoms with van der Waals surface area (Å²) in [6.07, 6.45) is 8.90. The number of hydrogen-bond donors (Lipinski definition) is 2. The molecule has 2 aromatic heterocycles. The van der Waals surface area contributed by atoms with Crippen molar-refractivity contribution in [3.05, 3.63) is 59.4 Å². The zero-order valence-corrected chi connectivity index (χ0v) is 31.1. The molecule has 2 N–H and O–H groups in total. The van der Waals surface area contributed by atoms with E-state index in [1.807, 2.05) is 12.1 Å². The minimum absolute atomic E-state index is 0.0545. The van der Waals surface area contributed by atoms with Crippen LogP contribution in [0.2, 0.25) is 0 Å². The maximum Gasteiger partial charge on any atom is 0.229 e. The van der Waals surface area contributed by atoms with Crippen molar-refractivity contribution in [3.63, 3.8) is 0 Å². The zero-order valence-electron chi connectivity index (χ0n) is 30.2. The summed E-state index contributed by atoms with van der Waals surface area (Å²) < 4.78 is 39.5. The Balaban J connectivity index is 1.19. The van der Waals surface area contributed by atoms with Crippen LogP contribution in [-0.4, -0.2) is 58.6 Å². The van der Waals surface area contributed by atoms with E-state index in [1.54, 1.807) is 13.3 Å². The number of fused-ring (bicyclic) bond motifs is 1. The number of nitrogens with zero attached hydrogens (tertiary/aromatic N) is 4. The molecule has 0 saturated carbocycles. The van der Waals surface area contributed by atoms with Gasteiger partial charge < -0.3 is 25.0 Å². The summed E-state index contributed by atoms with van der Waals surface area (Å²) >= 11 is 1.25. The molecule has 0 spiro atoms. The number of likely N-dealkylation sites (tertiary alicyclic amines) is 1. The van der Waals surface area contributed by atoms with Gasteiger partial charge in [-0.3, -0.25) is 4.79 Å². The number of halogens is 2. The van der Waals surface area contributed by atoms with Crippen molar-refractivity contribution < 1.29 is 23.0 Å². The summed E-state index contributed by atoms with van der Waals surface area (Å²) in [5.41, 5.74) is 0.983. The molecule has 50 heavy (non-hydrogen) atoms. The number of methoxy groups -OCH3 is 1. The second kappa shape index (κ2) is 16.0. The van der Waals surface area contributed by atoms with Crippen LogP contribution in [0.15, 0.2) is 42.9 Å². The Hall–Kier alpha value is -3.90. The number of rotatable bonds is 13. The summed E-state index contributed by atoms with van der Waals surface area (Å²) in [6.45, 7) is 17.0. The number of carbonyl (C=O) groups excluding carboxylic acids is 1. The van der Waals surface area contributed by atoms with E-state index in [4.69, 9.17) is 9.47 Å². The largest absolute Gasteiger partial charge is 0.493 e. The molecule has 1 saturated heterocycles. The molecule has 9 nitrogen and oxygen atoms in total. The number of hydrogen-bond acceptors (Lipinski definition) is 9. The molecular weight excluding hydrogens is 659 g/mol. The van der Waals surface area contributed by atoms with E-state index in [2.05, 4.69) is 72.0 Å². The number of aromatic nitrogens is 3. The average molecular weight is 709 g/mol. The van der Waals surface area contributed by atoms with Crippen molar-refractivity contribution in [2.24, 2.45) is 16.7 Å². The number of carbonyl (C=O) groups is 1. The summed E-state index contributed by atoms with van der Waals surface area (Å²) in [5, 5.41) is 6.85. The van der Waals surface area contributed by atoms with E-state index in [-0.39, 0.29) is 22.9 Å². The van der Waals surface area contributed by atoms with Crippen LogP contribution in [0.5, 0.6) is 11.5 Å². The molecule has 1 fully saturated rings. The molecule has 0 radical (unpaired) electrons. The first-order valence-electron chi connectivity index (χ1n) is 17.4. The quantitative estimate of drug-likeness (QED) is 0.133. The first kappa shape index (κ1) is 37.4. The van der Waals surface area contributed by atoms with Gasteiger partial charge in [0.2, 0.25) is 5.91 Å². The first-order valence-corrected chi connectivity index (χ1v) is 18.2. The lowest BCUT2D eigenvalue weighted by Gasteiger charge is -2.46. The number of benzene rings is 2. The predicted octanol–water partition coefficient (Wildman–Crippen LogP) is 9.02. The van der Waals surface area contributed by atoms with Crippen molar-refractivity contribution >= 4 is 44.8 Å². The van der Waals surface area contributed by atoms with Crippen molar-refractivity contribution in [1.29, 1.82) is 0 Å². The highest BCUT2D eigenvalue weighted by Gasteiger charge is 2.38. The number of piperidine rings is 1. The maximum absolute atomic E-state index is 14.0. The fraction of sp³-hybridized carbons (Fsp3) is 0.526. The zero-order chi connectivity index (χ0) is 36.1. The summed E-state index contributed by atoms with van der Waals surface area (Å²) in [7, 11) is 1.61. The Morgan fingerprint density at radius 2 is 1.84 bits per heavy atom. The SMILES string of the molecule is COc1cc2c(Nc3ncc(CC(=O)Nc4cccc(F)c4F)s3)ncnc2cc1OCCCN1CCCCC1CC(C(C)(C)C)C(C)(C)C. The molecule has 1 aliphatic rings. The van der Waals surface area contributed by atoms with Gasteiger partial charge in [-0.05, 0) is 67.2 Å². The topological polar surface area (TPSA) is 102 Å². The molecule has 2 aromatic carbocycles. The normalized spacial score (nSPS) is 15.8. The van der Waals surface area contributed by atoms with Gasteiger partial charge in [0.15, 0.2) is 28.3 Å². The minimum Gasteiger partial charge on any atom is -0.493 e. The molecule has 4 aromatic rings. The van der Waals surface area contributed by atoms with Crippen molar-refractivity contribution in [2.75, 3.05) is 37.4 Å². The minimum atomic E-state index is -1.10. The van der Waals surface area contributed by atoms with Gasteiger partial charge in [-0.15, -0.1) is 11.3 Å². The first-order chi connectivity index (χ1) is 23.7. The molecule has 1 amide bonds. The molecule has 5 rings (SSSR count). The van der Waals surface area contributed by atoms with Crippen molar-refractivity contribution in [3.8, 4) is 11.5 Å². The molecule has 1 aliphatic heterocycles. The number of thiazole rings is 1. The Labute approximate surface area is 298 Å². The number of ether oxygens (including phenoxy) is 2. The highest BCUT2D eigenvalue weighted by molar-refractivity contribution is 7.15. The molecule has 3 heterocycles. The van der Waals surface area contributed by atoms with Crippen LogP contribution in [0.25, 0.3) is 10.9 Å². The Bertz CT molecular complexity index is 1760. The van der Waals surface area contributed by atoms with Gasteiger partial charge in [0.25, 0.3) is 0 Å².